The highest BCUT2D eigenvalue weighted by atomic mass is 35.5. The van der Waals surface area contributed by atoms with Gasteiger partial charge in [-0.1, -0.05) is 38.8 Å². The quantitative estimate of drug-likeness (QED) is 0.792. The van der Waals surface area contributed by atoms with Gasteiger partial charge in [-0.2, -0.15) is 5.10 Å². The first-order valence-corrected chi connectivity index (χ1v) is 6.96. The van der Waals surface area contributed by atoms with Crippen molar-refractivity contribution in [3.63, 3.8) is 0 Å². The van der Waals surface area contributed by atoms with E-state index in [0.717, 1.165) is 30.2 Å². The third kappa shape index (κ3) is 3.70. The lowest BCUT2D eigenvalue weighted by Crippen LogP contribution is -2.29. The lowest BCUT2D eigenvalue weighted by Gasteiger charge is -2.25. The van der Waals surface area contributed by atoms with Crippen molar-refractivity contribution in [3.05, 3.63) is 16.9 Å². The van der Waals surface area contributed by atoms with Crippen LogP contribution in [0.5, 0.6) is 0 Å². The second-order valence-electron chi connectivity index (χ2n) is 4.51. The molecule has 0 aliphatic rings. The Morgan fingerprint density at radius 3 is 2.78 bits per heavy atom. The van der Waals surface area contributed by atoms with Crippen LogP contribution in [0, 0.1) is 5.92 Å². The molecular weight excluding hydrogens is 250 g/mol. The summed E-state index contributed by atoms with van der Waals surface area (Å²) in [5.74, 6) is 0.514. The number of rotatable bonds is 8. The molecule has 0 bridgehead atoms. The van der Waals surface area contributed by atoms with Crippen LogP contribution in [0.2, 0.25) is 5.02 Å². The minimum atomic E-state index is 0.242. The average Bonchev–Trinajstić information content (AvgIpc) is 2.74. The van der Waals surface area contributed by atoms with E-state index in [2.05, 4.69) is 31.2 Å². The molecule has 1 rings (SSSR count). The van der Waals surface area contributed by atoms with E-state index in [0.29, 0.717) is 12.5 Å². The van der Waals surface area contributed by atoms with Crippen LogP contribution in [0.25, 0.3) is 0 Å². The van der Waals surface area contributed by atoms with Crippen LogP contribution in [0.3, 0.4) is 0 Å². The Hall–Kier alpha value is -0.580. The Labute approximate surface area is 115 Å². The first-order chi connectivity index (χ1) is 8.65. The molecule has 0 amide bonds. The minimum Gasteiger partial charge on any atom is -0.383 e. The van der Waals surface area contributed by atoms with E-state index in [4.69, 9.17) is 16.3 Å². The van der Waals surface area contributed by atoms with Crippen molar-refractivity contribution in [2.24, 2.45) is 5.92 Å². The summed E-state index contributed by atoms with van der Waals surface area (Å²) in [6.07, 6.45) is 2.82. The fourth-order valence-electron chi connectivity index (χ4n) is 2.06. The molecule has 0 aliphatic carbocycles. The standard InChI is InChI=1S/C13H24ClN3O/c1-5-10(3)12(15-6-2)13-11(14)9-16-17(13)7-8-18-4/h9-10,12,15H,5-8H2,1-4H3. The molecule has 0 spiro atoms. The summed E-state index contributed by atoms with van der Waals surface area (Å²) in [5, 5.41) is 8.58. The second kappa shape index (κ2) is 7.77. The van der Waals surface area contributed by atoms with Crippen molar-refractivity contribution >= 4 is 11.6 Å². The highest BCUT2D eigenvalue weighted by Gasteiger charge is 2.23. The van der Waals surface area contributed by atoms with Gasteiger partial charge in [0.1, 0.15) is 0 Å². The molecule has 1 N–H and O–H groups in total. The van der Waals surface area contributed by atoms with Crippen LogP contribution in [-0.4, -0.2) is 30.0 Å². The van der Waals surface area contributed by atoms with Gasteiger partial charge < -0.3 is 10.1 Å². The molecule has 18 heavy (non-hydrogen) atoms. The van der Waals surface area contributed by atoms with Crippen LogP contribution >= 0.6 is 11.6 Å². The first-order valence-electron chi connectivity index (χ1n) is 6.59. The summed E-state index contributed by atoms with van der Waals surface area (Å²) < 4.78 is 7.06. The maximum atomic E-state index is 6.29. The van der Waals surface area contributed by atoms with E-state index in [1.54, 1.807) is 13.3 Å². The van der Waals surface area contributed by atoms with Crippen molar-refractivity contribution < 1.29 is 4.74 Å². The number of ether oxygens (including phenoxy) is 1. The zero-order valence-electron chi connectivity index (χ0n) is 11.7. The Balaban J connectivity index is 2.97. The van der Waals surface area contributed by atoms with Crippen molar-refractivity contribution in [1.82, 2.24) is 15.1 Å². The zero-order chi connectivity index (χ0) is 13.5. The number of nitrogens with zero attached hydrogens (tertiary/aromatic N) is 2. The van der Waals surface area contributed by atoms with E-state index in [1.807, 2.05) is 4.68 Å². The second-order valence-corrected chi connectivity index (χ2v) is 4.92. The molecule has 4 nitrogen and oxygen atoms in total. The van der Waals surface area contributed by atoms with Crippen LogP contribution < -0.4 is 5.32 Å². The number of methoxy groups -OCH3 is 1. The number of hydrogen-bond acceptors (Lipinski definition) is 3. The molecule has 0 saturated carbocycles. The Morgan fingerprint density at radius 2 is 2.22 bits per heavy atom. The van der Waals surface area contributed by atoms with Gasteiger partial charge in [-0.05, 0) is 12.5 Å². The normalized spacial score (nSPS) is 14.7. The number of nitrogens with one attached hydrogen (secondary N) is 1. The predicted molar refractivity (Wildman–Crippen MR) is 75.0 cm³/mol. The smallest absolute Gasteiger partial charge is 0.0834 e. The van der Waals surface area contributed by atoms with Gasteiger partial charge in [-0.15, -0.1) is 0 Å². The SMILES string of the molecule is CCNC(c1c(Cl)cnn1CCOC)C(C)CC. The third-order valence-electron chi connectivity index (χ3n) is 3.27. The number of hydrogen-bond donors (Lipinski definition) is 1. The lowest BCUT2D eigenvalue weighted by molar-refractivity contribution is 0.180. The van der Waals surface area contributed by atoms with E-state index < -0.39 is 0 Å². The first kappa shape index (κ1) is 15.5. The molecule has 104 valence electrons. The molecule has 5 heteroatoms. The number of halogens is 1. The van der Waals surface area contributed by atoms with Gasteiger partial charge in [0, 0.05) is 7.11 Å². The molecule has 0 radical (unpaired) electrons. The van der Waals surface area contributed by atoms with Gasteiger partial charge in [0.15, 0.2) is 0 Å². The summed E-state index contributed by atoms with van der Waals surface area (Å²) in [5.41, 5.74) is 1.07. The molecule has 1 aromatic heterocycles. The average molecular weight is 274 g/mol. The maximum absolute atomic E-state index is 6.29. The Morgan fingerprint density at radius 1 is 1.50 bits per heavy atom. The summed E-state index contributed by atoms with van der Waals surface area (Å²) in [4.78, 5) is 0. The molecule has 1 heterocycles. The largest absolute Gasteiger partial charge is 0.383 e. The number of aromatic nitrogens is 2. The molecule has 0 aliphatic heterocycles. The van der Waals surface area contributed by atoms with Crippen LogP contribution in [0.4, 0.5) is 0 Å². The fourth-order valence-corrected chi connectivity index (χ4v) is 2.32. The van der Waals surface area contributed by atoms with Crippen LogP contribution in [0.1, 0.15) is 38.9 Å². The Kier molecular flexibility index (Phi) is 6.68. The van der Waals surface area contributed by atoms with Crippen molar-refractivity contribution in [2.75, 3.05) is 20.3 Å². The molecule has 0 aromatic carbocycles. The molecule has 0 fully saturated rings. The van der Waals surface area contributed by atoms with Gasteiger partial charge in [0.25, 0.3) is 0 Å². The van der Waals surface area contributed by atoms with Crippen molar-refractivity contribution in [1.29, 1.82) is 0 Å². The molecular formula is C13H24ClN3O. The monoisotopic (exact) mass is 273 g/mol. The third-order valence-corrected chi connectivity index (χ3v) is 3.56. The predicted octanol–water partition coefficient (Wildman–Crippen LogP) is 2.88. The van der Waals surface area contributed by atoms with Crippen LogP contribution in [0.15, 0.2) is 6.20 Å². The highest BCUT2D eigenvalue weighted by molar-refractivity contribution is 6.31. The fraction of sp³-hybridized carbons (Fsp3) is 0.769. The van der Waals surface area contributed by atoms with E-state index >= 15 is 0 Å². The van der Waals surface area contributed by atoms with Gasteiger partial charge in [0.05, 0.1) is 36.1 Å². The van der Waals surface area contributed by atoms with E-state index in [9.17, 15) is 0 Å². The molecule has 2 atom stereocenters. The summed E-state index contributed by atoms with van der Waals surface area (Å²) >= 11 is 6.29. The van der Waals surface area contributed by atoms with E-state index in [1.165, 1.54) is 0 Å². The summed E-state index contributed by atoms with van der Waals surface area (Å²) in [7, 11) is 1.70. The highest BCUT2D eigenvalue weighted by Crippen LogP contribution is 2.29. The summed E-state index contributed by atoms with van der Waals surface area (Å²) in [6, 6.07) is 0.242. The van der Waals surface area contributed by atoms with Crippen molar-refractivity contribution in [3.8, 4) is 0 Å². The zero-order valence-corrected chi connectivity index (χ0v) is 12.5. The maximum Gasteiger partial charge on any atom is 0.0834 e. The summed E-state index contributed by atoms with van der Waals surface area (Å²) in [6.45, 7) is 8.83. The van der Waals surface area contributed by atoms with Gasteiger partial charge in [-0.3, -0.25) is 4.68 Å². The van der Waals surface area contributed by atoms with E-state index in [-0.39, 0.29) is 6.04 Å². The topological polar surface area (TPSA) is 39.1 Å². The minimum absolute atomic E-state index is 0.242. The molecule has 1 aromatic rings. The molecule has 0 saturated heterocycles. The Bertz CT molecular complexity index is 354. The van der Waals surface area contributed by atoms with Gasteiger partial charge in [0.2, 0.25) is 0 Å². The van der Waals surface area contributed by atoms with Gasteiger partial charge >= 0.3 is 0 Å². The lowest BCUT2D eigenvalue weighted by atomic mass is 9.96. The van der Waals surface area contributed by atoms with Gasteiger partial charge in [-0.25, -0.2) is 0 Å². The molecule has 2 unspecified atom stereocenters. The van der Waals surface area contributed by atoms with Crippen LogP contribution in [-0.2, 0) is 11.3 Å². The van der Waals surface area contributed by atoms with Crippen molar-refractivity contribution in [2.45, 2.75) is 39.8 Å².